The Morgan fingerprint density at radius 2 is 1.52 bits per heavy atom. The van der Waals surface area contributed by atoms with Gasteiger partial charge in [0, 0.05) is 0 Å². The smallest absolute Gasteiger partial charge is 0.312 e. The molecule has 21 heavy (non-hydrogen) atoms. The average Bonchev–Trinajstić information content (AvgIpc) is 2.34. The summed E-state index contributed by atoms with van der Waals surface area (Å²) in [6.45, 7) is 13.0. The van der Waals surface area contributed by atoms with E-state index in [9.17, 15) is 9.90 Å². The summed E-state index contributed by atoms with van der Waals surface area (Å²) in [5, 5.41) is 11.4. The van der Waals surface area contributed by atoms with E-state index in [4.69, 9.17) is 4.74 Å². The summed E-state index contributed by atoms with van der Waals surface area (Å²) in [6, 6.07) is 9.34. The van der Waals surface area contributed by atoms with Crippen LogP contribution in [-0.4, -0.2) is 16.7 Å². The molecule has 0 amide bonds. The van der Waals surface area contributed by atoms with Crippen LogP contribution in [0.2, 0.25) is 0 Å². The standard InChI is InChI=1S/C18H28O3/c1-13(15(19)21-17(5,6)7)18(20,16(2,3)4)14-11-9-8-10-12-14/h8-13,20H,1-7H3/t13-,18+/m0/s1. The lowest BCUT2D eigenvalue weighted by atomic mass is 9.65. The first-order valence-corrected chi connectivity index (χ1v) is 7.40. The molecule has 0 fully saturated rings. The number of carbonyl (C=O) groups is 1. The quantitative estimate of drug-likeness (QED) is 0.859. The fraction of sp³-hybridized carbons (Fsp3) is 0.611. The Morgan fingerprint density at radius 3 is 1.90 bits per heavy atom. The summed E-state index contributed by atoms with van der Waals surface area (Å²) >= 11 is 0. The summed E-state index contributed by atoms with van der Waals surface area (Å²) in [7, 11) is 0. The number of ether oxygens (including phenoxy) is 1. The maximum atomic E-state index is 12.4. The Bertz CT molecular complexity index is 479. The molecule has 0 bridgehead atoms. The third kappa shape index (κ3) is 3.85. The number of rotatable bonds is 3. The van der Waals surface area contributed by atoms with Gasteiger partial charge in [0.15, 0.2) is 0 Å². The highest BCUT2D eigenvalue weighted by Crippen LogP contribution is 2.45. The molecule has 1 aromatic carbocycles. The molecular weight excluding hydrogens is 264 g/mol. The van der Waals surface area contributed by atoms with Crippen molar-refractivity contribution in [3.8, 4) is 0 Å². The van der Waals surface area contributed by atoms with Gasteiger partial charge in [0.25, 0.3) is 0 Å². The minimum atomic E-state index is -1.30. The zero-order valence-electron chi connectivity index (χ0n) is 14.2. The van der Waals surface area contributed by atoms with Crippen LogP contribution in [0.3, 0.4) is 0 Å². The predicted molar refractivity (Wildman–Crippen MR) is 84.8 cm³/mol. The first kappa shape index (κ1) is 17.7. The molecule has 0 aliphatic rings. The van der Waals surface area contributed by atoms with Crippen molar-refractivity contribution < 1.29 is 14.6 Å². The Kier molecular flexibility index (Phi) is 4.89. The number of carbonyl (C=O) groups excluding carboxylic acids is 1. The number of benzene rings is 1. The van der Waals surface area contributed by atoms with E-state index in [-0.39, 0.29) is 5.97 Å². The first-order chi connectivity index (χ1) is 9.39. The lowest BCUT2D eigenvalue weighted by Crippen LogP contribution is -2.49. The highest BCUT2D eigenvalue weighted by molar-refractivity contribution is 5.74. The van der Waals surface area contributed by atoms with Gasteiger partial charge in [0.1, 0.15) is 11.2 Å². The monoisotopic (exact) mass is 292 g/mol. The number of hydrogen-bond donors (Lipinski definition) is 1. The summed E-state index contributed by atoms with van der Waals surface area (Å²) in [5.74, 6) is -1.05. The lowest BCUT2D eigenvalue weighted by molar-refractivity contribution is -0.180. The van der Waals surface area contributed by atoms with Gasteiger partial charge >= 0.3 is 5.97 Å². The third-order valence-electron chi connectivity index (χ3n) is 3.74. The fourth-order valence-corrected chi connectivity index (χ4v) is 2.59. The van der Waals surface area contributed by atoms with Crippen LogP contribution in [0, 0.1) is 11.3 Å². The molecule has 0 radical (unpaired) electrons. The van der Waals surface area contributed by atoms with Crippen LogP contribution in [0.15, 0.2) is 30.3 Å². The maximum absolute atomic E-state index is 12.4. The van der Waals surface area contributed by atoms with Crippen molar-refractivity contribution in [1.29, 1.82) is 0 Å². The van der Waals surface area contributed by atoms with Crippen LogP contribution in [0.25, 0.3) is 0 Å². The lowest BCUT2D eigenvalue weighted by Gasteiger charge is -2.44. The van der Waals surface area contributed by atoms with Crippen LogP contribution in [0.4, 0.5) is 0 Å². The molecule has 1 N–H and O–H groups in total. The molecule has 0 aliphatic carbocycles. The van der Waals surface area contributed by atoms with Gasteiger partial charge in [-0.25, -0.2) is 0 Å². The molecule has 0 saturated carbocycles. The summed E-state index contributed by atoms with van der Waals surface area (Å²) < 4.78 is 5.46. The minimum absolute atomic E-state index is 0.385. The van der Waals surface area contributed by atoms with Crippen molar-refractivity contribution in [3.05, 3.63) is 35.9 Å². The van der Waals surface area contributed by atoms with Crippen molar-refractivity contribution >= 4 is 5.97 Å². The van der Waals surface area contributed by atoms with Gasteiger partial charge in [-0.05, 0) is 38.7 Å². The number of esters is 1. The predicted octanol–water partition coefficient (Wildman–Crippen LogP) is 3.90. The van der Waals surface area contributed by atoms with Crippen LogP contribution in [0.1, 0.15) is 54.0 Å². The minimum Gasteiger partial charge on any atom is -0.460 e. The molecule has 0 aliphatic heterocycles. The van der Waals surface area contributed by atoms with E-state index in [1.54, 1.807) is 6.92 Å². The van der Waals surface area contributed by atoms with E-state index in [1.807, 2.05) is 71.9 Å². The van der Waals surface area contributed by atoms with Gasteiger partial charge in [0.2, 0.25) is 0 Å². The van der Waals surface area contributed by atoms with Crippen LogP contribution < -0.4 is 0 Å². The number of aliphatic hydroxyl groups is 1. The van der Waals surface area contributed by atoms with Crippen molar-refractivity contribution in [2.45, 2.75) is 59.7 Å². The van der Waals surface area contributed by atoms with Gasteiger partial charge in [-0.2, -0.15) is 0 Å². The van der Waals surface area contributed by atoms with E-state index < -0.39 is 22.5 Å². The van der Waals surface area contributed by atoms with E-state index >= 15 is 0 Å². The zero-order valence-corrected chi connectivity index (χ0v) is 14.2. The molecule has 118 valence electrons. The molecule has 1 rings (SSSR count). The molecule has 0 spiro atoms. The fourth-order valence-electron chi connectivity index (χ4n) is 2.59. The molecule has 1 aromatic rings. The first-order valence-electron chi connectivity index (χ1n) is 7.40. The van der Waals surface area contributed by atoms with Crippen molar-refractivity contribution in [2.75, 3.05) is 0 Å². The Morgan fingerprint density at radius 1 is 1.05 bits per heavy atom. The van der Waals surface area contributed by atoms with Crippen molar-refractivity contribution in [1.82, 2.24) is 0 Å². The van der Waals surface area contributed by atoms with Crippen LogP contribution in [-0.2, 0) is 15.1 Å². The Labute approximate surface area is 128 Å². The van der Waals surface area contributed by atoms with Crippen molar-refractivity contribution in [2.24, 2.45) is 11.3 Å². The topological polar surface area (TPSA) is 46.5 Å². The summed E-state index contributed by atoms with van der Waals surface area (Å²) in [5.41, 5.74) is -1.64. The summed E-state index contributed by atoms with van der Waals surface area (Å²) in [4.78, 5) is 12.4. The van der Waals surface area contributed by atoms with E-state index in [2.05, 4.69) is 0 Å². The van der Waals surface area contributed by atoms with E-state index in [0.717, 1.165) is 5.56 Å². The second-order valence-electron chi connectivity index (χ2n) is 7.64. The van der Waals surface area contributed by atoms with Gasteiger partial charge in [0.05, 0.1) is 5.92 Å². The Hall–Kier alpha value is -1.35. The molecular formula is C18H28O3. The van der Waals surface area contributed by atoms with Gasteiger partial charge in [-0.3, -0.25) is 4.79 Å². The Balaban J connectivity index is 3.24. The third-order valence-corrected chi connectivity index (χ3v) is 3.74. The number of hydrogen-bond acceptors (Lipinski definition) is 3. The second kappa shape index (κ2) is 5.80. The highest BCUT2D eigenvalue weighted by Gasteiger charge is 2.50. The normalized spacial score (nSPS) is 17.0. The molecule has 0 aromatic heterocycles. The summed E-state index contributed by atoms with van der Waals surface area (Å²) in [6.07, 6.45) is 0. The molecule has 3 nitrogen and oxygen atoms in total. The highest BCUT2D eigenvalue weighted by atomic mass is 16.6. The van der Waals surface area contributed by atoms with Gasteiger partial charge in [-0.1, -0.05) is 51.1 Å². The molecule has 3 heteroatoms. The maximum Gasteiger partial charge on any atom is 0.312 e. The largest absolute Gasteiger partial charge is 0.460 e. The zero-order chi connectivity index (χ0) is 16.5. The van der Waals surface area contributed by atoms with Gasteiger partial charge < -0.3 is 9.84 Å². The molecule has 2 atom stereocenters. The molecule has 0 unspecified atom stereocenters. The van der Waals surface area contributed by atoms with Gasteiger partial charge in [-0.15, -0.1) is 0 Å². The van der Waals surface area contributed by atoms with Crippen LogP contribution >= 0.6 is 0 Å². The molecule has 0 saturated heterocycles. The average molecular weight is 292 g/mol. The van der Waals surface area contributed by atoms with Crippen LogP contribution in [0.5, 0.6) is 0 Å². The van der Waals surface area contributed by atoms with Crippen molar-refractivity contribution in [3.63, 3.8) is 0 Å². The molecule has 0 heterocycles. The van der Waals surface area contributed by atoms with E-state index in [0.29, 0.717) is 0 Å². The SMILES string of the molecule is C[C@@H](C(=O)OC(C)(C)C)[C@@](O)(c1ccccc1)C(C)(C)C. The second-order valence-corrected chi connectivity index (χ2v) is 7.64. The van der Waals surface area contributed by atoms with E-state index in [1.165, 1.54) is 0 Å².